The van der Waals surface area contributed by atoms with Crippen molar-refractivity contribution in [1.82, 2.24) is 15.5 Å². The van der Waals surface area contributed by atoms with Crippen LogP contribution in [0.1, 0.15) is 38.5 Å². The van der Waals surface area contributed by atoms with Crippen LogP contribution >= 0.6 is 0 Å². The summed E-state index contributed by atoms with van der Waals surface area (Å²) < 4.78 is 10.5. The predicted octanol–water partition coefficient (Wildman–Crippen LogP) is 1.72. The second-order valence-corrected chi connectivity index (χ2v) is 7.68. The van der Waals surface area contributed by atoms with Gasteiger partial charge in [-0.2, -0.15) is 0 Å². The smallest absolute Gasteiger partial charge is 0.191 e. The van der Waals surface area contributed by atoms with Crippen LogP contribution in [-0.4, -0.2) is 78.1 Å². The fourth-order valence-electron chi connectivity index (χ4n) is 3.88. The Bertz CT molecular complexity index is 391. The first kappa shape index (κ1) is 20.5. The molecule has 2 rings (SSSR count). The molecule has 25 heavy (non-hydrogen) atoms. The molecule has 6 nitrogen and oxygen atoms in total. The first-order valence-electron chi connectivity index (χ1n) is 9.86. The van der Waals surface area contributed by atoms with Crippen molar-refractivity contribution in [3.8, 4) is 0 Å². The Hall–Kier alpha value is -0.850. The second kappa shape index (κ2) is 11.0. The van der Waals surface area contributed by atoms with E-state index in [4.69, 9.17) is 9.47 Å². The third-order valence-electron chi connectivity index (χ3n) is 5.98. The maximum atomic E-state index is 5.28. The summed E-state index contributed by atoms with van der Waals surface area (Å²) in [6.07, 6.45) is 7.62. The third kappa shape index (κ3) is 6.76. The number of hydrogen-bond donors (Lipinski definition) is 2. The molecule has 0 amide bonds. The van der Waals surface area contributed by atoms with Crippen LogP contribution in [0.4, 0.5) is 0 Å². The minimum atomic E-state index is 0.417. The quantitative estimate of drug-likeness (QED) is 0.462. The van der Waals surface area contributed by atoms with Gasteiger partial charge in [-0.3, -0.25) is 4.99 Å². The molecule has 0 aromatic carbocycles. The number of guanidine groups is 1. The molecule has 0 unspecified atom stereocenters. The van der Waals surface area contributed by atoms with Gasteiger partial charge in [0.2, 0.25) is 0 Å². The average Bonchev–Trinajstić information content (AvgIpc) is 2.62. The van der Waals surface area contributed by atoms with Gasteiger partial charge in [-0.1, -0.05) is 6.42 Å². The summed E-state index contributed by atoms with van der Waals surface area (Å²) in [6.45, 7) is 7.14. The Labute approximate surface area is 153 Å². The van der Waals surface area contributed by atoms with E-state index < -0.39 is 0 Å². The number of ether oxygens (including phenoxy) is 2. The van der Waals surface area contributed by atoms with Gasteiger partial charge in [-0.25, -0.2) is 0 Å². The highest BCUT2D eigenvalue weighted by molar-refractivity contribution is 5.79. The van der Waals surface area contributed by atoms with Crippen molar-refractivity contribution in [1.29, 1.82) is 0 Å². The molecule has 1 aliphatic carbocycles. The van der Waals surface area contributed by atoms with Gasteiger partial charge in [-0.05, 0) is 56.5 Å². The molecule has 2 fully saturated rings. The van der Waals surface area contributed by atoms with E-state index in [1.807, 2.05) is 7.05 Å². The van der Waals surface area contributed by atoms with E-state index in [0.29, 0.717) is 5.41 Å². The van der Waals surface area contributed by atoms with Crippen LogP contribution in [0.5, 0.6) is 0 Å². The van der Waals surface area contributed by atoms with Gasteiger partial charge in [0, 0.05) is 47.5 Å². The molecular formula is C19H38N4O2. The van der Waals surface area contributed by atoms with Gasteiger partial charge in [0.1, 0.15) is 0 Å². The molecule has 0 aromatic heterocycles. The lowest BCUT2D eigenvalue weighted by Gasteiger charge is -2.42. The van der Waals surface area contributed by atoms with Crippen LogP contribution < -0.4 is 10.6 Å². The van der Waals surface area contributed by atoms with Crippen LogP contribution in [0.3, 0.4) is 0 Å². The summed E-state index contributed by atoms with van der Waals surface area (Å²) in [4.78, 5) is 6.91. The van der Waals surface area contributed by atoms with Crippen LogP contribution in [0, 0.1) is 11.3 Å². The van der Waals surface area contributed by atoms with Crippen molar-refractivity contribution in [2.45, 2.75) is 38.5 Å². The fraction of sp³-hybridized carbons (Fsp3) is 0.947. The second-order valence-electron chi connectivity index (χ2n) is 7.68. The van der Waals surface area contributed by atoms with Crippen molar-refractivity contribution in [3.63, 3.8) is 0 Å². The topological polar surface area (TPSA) is 58.1 Å². The molecule has 146 valence electrons. The Kier molecular flexibility index (Phi) is 8.99. The van der Waals surface area contributed by atoms with Gasteiger partial charge in [-0.15, -0.1) is 0 Å². The van der Waals surface area contributed by atoms with Gasteiger partial charge in [0.15, 0.2) is 5.96 Å². The Morgan fingerprint density at radius 3 is 2.40 bits per heavy atom. The minimum absolute atomic E-state index is 0.417. The van der Waals surface area contributed by atoms with Crippen LogP contribution in [-0.2, 0) is 9.47 Å². The zero-order chi connectivity index (χ0) is 18.0. The lowest BCUT2D eigenvalue weighted by Crippen LogP contribution is -2.48. The first-order chi connectivity index (χ1) is 12.2. The summed E-state index contributed by atoms with van der Waals surface area (Å²) >= 11 is 0. The number of piperidine rings is 1. The van der Waals surface area contributed by atoms with Crippen LogP contribution in [0.2, 0.25) is 0 Å². The number of likely N-dealkylation sites (tertiary alicyclic amines) is 1. The number of methoxy groups -OCH3 is 2. The van der Waals surface area contributed by atoms with Gasteiger partial charge < -0.3 is 25.0 Å². The summed E-state index contributed by atoms with van der Waals surface area (Å²) in [5.41, 5.74) is 0.417. The molecule has 0 atom stereocenters. The summed E-state index contributed by atoms with van der Waals surface area (Å²) in [5.74, 6) is 1.69. The summed E-state index contributed by atoms with van der Waals surface area (Å²) in [6, 6.07) is 0. The molecule has 1 saturated carbocycles. The lowest BCUT2D eigenvalue weighted by atomic mass is 9.67. The van der Waals surface area contributed by atoms with E-state index in [9.17, 15) is 0 Å². The van der Waals surface area contributed by atoms with Crippen molar-refractivity contribution in [2.75, 3.05) is 67.2 Å². The summed E-state index contributed by atoms with van der Waals surface area (Å²) in [7, 11) is 5.43. The Morgan fingerprint density at radius 1 is 1.12 bits per heavy atom. The molecule has 2 aliphatic rings. The highest BCUT2D eigenvalue weighted by atomic mass is 16.5. The maximum Gasteiger partial charge on any atom is 0.191 e. The van der Waals surface area contributed by atoms with Gasteiger partial charge in [0.25, 0.3) is 0 Å². The average molecular weight is 355 g/mol. The SMILES string of the molecule is CN=C(NCC1CCN(CCOC)CC1)NCC1(CCOC)CCC1. The molecule has 0 aromatic rings. The van der Waals surface area contributed by atoms with E-state index in [1.165, 1.54) is 45.2 Å². The van der Waals surface area contributed by atoms with Crippen molar-refractivity contribution in [2.24, 2.45) is 16.3 Å². The molecule has 2 N–H and O–H groups in total. The zero-order valence-corrected chi connectivity index (χ0v) is 16.5. The van der Waals surface area contributed by atoms with Crippen molar-refractivity contribution in [3.05, 3.63) is 0 Å². The van der Waals surface area contributed by atoms with E-state index in [0.717, 1.165) is 51.1 Å². The number of rotatable bonds is 10. The first-order valence-corrected chi connectivity index (χ1v) is 9.86. The van der Waals surface area contributed by atoms with Gasteiger partial charge in [0.05, 0.1) is 6.61 Å². The minimum Gasteiger partial charge on any atom is -0.385 e. The number of aliphatic imine (C=N–C) groups is 1. The predicted molar refractivity (Wildman–Crippen MR) is 103 cm³/mol. The Balaban J connectivity index is 1.64. The van der Waals surface area contributed by atoms with E-state index in [2.05, 4.69) is 20.5 Å². The zero-order valence-electron chi connectivity index (χ0n) is 16.5. The molecular weight excluding hydrogens is 316 g/mol. The highest BCUT2D eigenvalue weighted by Gasteiger charge is 2.36. The molecule has 6 heteroatoms. The van der Waals surface area contributed by atoms with E-state index in [-0.39, 0.29) is 0 Å². The standard InChI is InChI=1S/C19H38N4O2/c1-20-18(22-16-19(7-4-8-19)9-13-24-2)21-15-17-5-10-23(11-6-17)12-14-25-3/h17H,4-16H2,1-3H3,(H2,20,21,22). The maximum absolute atomic E-state index is 5.28. The van der Waals surface area contributed by atoms with Crippen LogP contribution in [0.15, 0.2) is 4.99 Å². The monoisotopic (exact) mass is 354 g/mol. The number of nitrogens with one attached hydrogen (secondary N) is 2. The van der Waals surface area contributed by atoms with Crippen molar-refractivity contribution >= 4 is 5.96 Å². The highest BCUT2D eigenvalue weighted by Crippen LogP contribution is 2.43. The summed E-state index contributed by atoms with van der Waals surface area (Å²) in [5, 5.41) is 7.09. The lowest BCUT2D eigenvalue weighted by molar-refractivity contribution is 0.0732. The third-order valence-corrected chi connectivity index (χ3v) is 5.98. The van der Waals surface area contributed by atoms with Crippen LogP contribution in [0.25, 0.3) is 0 Å². The molecule has 0 radical (unpaired) electrons. The number of nitrogens with zero attached hydrogens (tertiary/aromatic N) is 2. The molecule has 0 bridgehead atoms. The molecule has 1 heterocycles. The molecule has 1 saturated heterocycles. The molecule has 0 spiro atoms. The normalized spacial score (nSPS) is 21.8. The molecule has 1 aliphatic heterocycles. The van der Waals surface area contributed by atoms with E-state index in [1.54, 1.807) is 14.2 Å². The van der Waals surface area contributed by atoms with Gasteiger partial charge >= 0.3 is 0 Å². The van der Waals surface area contributed by atoms with Crippen molar-refractivity contribution < 1.29 is 9.47 Å². The fourth-order valence-corrected chi connectivity index (χ4v) is 3.88. The Morgan fingerprint density at radius 2 is 1.84 bits per heavy atom. The number of hydrogen-bond acceptors (Lipinski definition) is 4. The van der Waals surface area contributed by atoms with E-state index >= 15 is 0 Å². The largest absolute Gasteiger partial charge is 0.385 e.